The van der Waals surface area contributed by atoms with Crippen LogP contribution < -0.4 is 14.8 Å². The highest BCUT2D eigenvalue weighted by Crippen LogP contribution is 2.30. The predicted octanol–water partition coefficient (Wildman–Crippen LogP) is 4.47. The Morgan fingerprint density at radius 1 is 1.15 bits per heavy atom. The number of amides is 1. The first kappa shape index (κ1) is 20.4. The number of methoxy groups -OCH3 is 1. The second-order valence-electron chi connectivity index (χ2n) is 5.74. The standard InChI is InChI=1S/C19H22Cl2N2O3/c1-4-26-16-9-8-13(10-17(16)25-3)11-23(2)12-18(24)22-19-14(20)6-5-7-15(19)21/h5-10H,4,11-12H2,1-3H3,(H,22,24). The van der Waals surface area contributed by atoms with Gasteiger partial charge >= 0.3 is 0 Å². The van der Waals surface area contributed by atoms with Crippen molar-refractivity contribution in [2.45, 2.75) is 13.5 Å². The van der Waals surface area contributed by atoms with Crippen LogP contribution in [0.2, 0.25) is 10.0 Å². The maximum Gasteiger partial charge on any atom is 0.238 e. The van der Waals surface area contributed by atoms with Crippen molar-refractivity contribution in [3.8, 4) is 11.5 Å². The van der Waals surface area contributed by atoms with Crippen LogP contribution in [0.4, 0.5) is 5.69 Å². The number of nitrogens with zero attached hydrogens (tertiary/aromatic N) is 1. The van der Waals surface area contributed by atoms with Crippen LogP contribution in [-0.4, -0.2) is 38.1 Å². The lowest BCUT2D eigenvalue weighted by atomic mass is 10.2. The number of hydrogen-bond acceptors (Lipinski definition) is 4. The van der Waals surface area contributed by atoms with Crippen LogP contribution >= 0.6 is 23.2 Å². The summed E-state index contributed by atoms with van der Waals surface area (Å²) in [4.78, 5) is 14.1. The molecule has 0 heterocycles. The Balaban J connectivity index is 1.97. The summed E-state index contributed by atoms with van der Waals surface area (Å²) in [6.45, 7) is 3.26. The van der Waals surface area contributed by atoms with Gasteiger partial charge in [0.2, 0.25) is 5.91 Å². The number of likely N-dealkylation sites (N-methyl/N-ethyl adjacent to an activating group) is 1. The smallest absolute Gasteiger partial charge is 0.238 e. The van der Waals surface area contributed by atoms with E-state index < -0.39 is 0 Å². The fraction of sp³-hybridized carbons (Fsp3) is 0.316. The molecule has 0 bridgehead atoms. The fourth-order valence-electron chi connectivity index (χ4n) is 2.49. The first-order valence-corrected chi connectivity index (χ1v) is 8.92. The zero-order valence-electron chi connectivity index (χ0n) is 15.0. The molecule has 0 aliphatic heterocycles. The molecule has 140 valence electrons. The van der Waals surface area contributed by atoms with E-state index in [1.165, 1.54) is 0 Å². The first-order chi connectivity index (χ1) is 12.4. The molecular formula is C19H22Cl2N2O3. The maximum atomic E-state index is 12.3. The molecule has 0 saturated carbocycles. The predicted molar refractivity (Wildman–Crippen MR) is 106 cm³/mol. The zero-order valence-corrected chi connectivity index (χ0v) is 16.5. The minimum atomic E-state index is -0.194. The molecule has 0 aliphatic carbocycles. The van der Waals surface area contributed by atoms with E-state index in [0.29, 0.717) is 40.4 Å². The molecule has 2 aromatic rings. The lowest BCUT2D eigenvalue weighted by molar-refractivity contribution is -0.117. The van der Waals surface area contributed by atoms with Crippen molar-refractivity contribution in [3.63, 3.8) is 0 Å². The zero-order chi connectivity index (χ0) is 19.1. The number of rotatable bonds is 8. The van der Waals surface area contributed by atoms with Crippen LogP contribution in [0.25, 0.3) is 0 Å². The summed E-state index contributed by atoms with van der Waals surface area (Å²) < 4.78 is 10.9. The minimum absolute atomic E-state index is 0.192. The van der Waals surface area contributed by atoms with Crippen molar-refractivity contribution in [2.24, 2.45) is 0 Å². The Kier molecular flexibility index (Phi) is 7.57. The number of carbonyl (C=O) groups excluding carboxylic acids is 1. The second kappa shape index (κ2) is 9.67. The van der Waals surface area contributed by atoms with Crippen LogP contribution in [-0.2, 0) is 11.3 Å². The molecule has 0 radical (unpaired) electrons. The molecule has 26 heavy (non-hydrogen) atoms. The number of hydrogen-bond donors (Lipinski definition) is 1. The number of anilines is 1. The van der Waals surface area contributed by atoms with Gasteiger partial charge in [-0.15, -0.1) is 0 Å². The molecule has 0 fully saturated rings. The van der Waals surface area contributed by atoms with E-state index in [1.54, 1.807) is 25.3 Å². The van der Waals surface area contributed by atoms with Crippen LogP contribution in [0.15, 0.2) is 36.4 Å². The first-order valence-electron chi connectivity index (χ1n) is 8.16. The molecular weight excluding hydrogens is 375 g/mol. The summed E-state index contributed by atoms with van der Waals surface area (Å²) in [5.74, 6) is 1.18. The van der Waals surface area contributed by atoms with E-state index in [-0.39, 0.29) is 12.5 Å². The SMILES string of the molecule is CCOc1ccc(CN(C)CC(=O)Nc2c(Cl)cccc2Cl)cc1OC. The van der Waals surface area contributed by atoms with E-state index in [2.05, 4.69) is 5.32 Å². The number of benzene rings is 2. The summed E-state index contributed by atoms with van der Waals surface area (Å²) in [7, 11) is 3.46. The molecule has 0 saturated heterocycles. The Morgan fingerprint density at radius 2 is 1.85 bits per heavy atom. The van der Waals surface area contributed by atoms with Crippen molar-refractivity contribution in [1.82, 2.24) is 4.90 Å². The molecule has 7 heteroatoms. The quantitative estimate of drug-likeness (QED) is 0.714. The molecule has 0 atom stereocenters. The van der Waals surface area contributed by atoms with E-state index in [9.17, 15) is 4.79 Å². The van der Waals surface area contributed by atoms with Crippen LogP contribution in [0.5, 0.6) is 11.5 Å². The Hall–Kier alpha value is -1.95. The molecule has 2 rings (SSSR count). The summed E-state index contributed by atoms with van der Waals surface area (Å²) in [5.41, 5.74) is 1.44. The van der Waals surface area contributed by atoms with Gasteiger partial charge in [0.1, 0.15) is 0 Å². The lowest BCUT2D eigenvalue weighted by Crippen LogP contribution is -2.30. The summed E-state index contributed by atoms with van der Waals surface area (Å²) >= 11 is 12.2. The highest BCUT2D eigenvalue weighted by Gasteiger charge is 2.13. The molecule has 0 unspecified atom stereocenters. The highest BCUT2D eigenvalue weighted by atomic mass is 35.5. The molecule has 0 spiro atoms. The van der Waals surface area contributed by atoms with Gasteiger partial charge in [0.15, 0.2) is 11.5 Å². The fourth-order valence-corrected chi connectivity index (χ4v) is 2.99. The van der Waals surface area contributed by atoms with Gasteiger partial charge in [-0.3, -0.25) is 9.69 Å². The number of nitrogens with one attached hydrogen (secondary N) is 1. The van der Waals surface area contributed by atoms with E-state index in [1.807, 2.05) is 37.1 Å². The summed E-state index contributed by atoms with van der Waals surface area (Å²) in [5, 5.41) is 3.57. The van der Waals surface area contributed by atoms with E-state index in [0.717, 1.165) is 5.56 Å². The number of ether oxygens (including phenoxy) is 2. The third-order valence-corrected chi connectivity index (χ3v) is 4.25. The Labute approximate surface area is 163 Å². The van der Waals surface area contributed by atoms with Gasteiger partial charge in [-0.2, -0.15) is 0 Å². The topological polar surface area (TPSA) is 50.8 Å². The van der Waals surface area contributed by atoms with E-state index >= 15 is 0 Å². The molecule has 1 N–H and O–H groups in total. The van der Waals surface area contributed by atoms with Gasteiger partial charge in [-0.25, -0.2) is 0 Å². The Morgan fingerprint density at radius 3 is 2.46 bits per heavy atom. The van der Waals surface area contributed by atoms with Crippen molar-refractivity contribution in [1.29, 1.82) is 0 Å². The average molecular weight is 397 g/mol. The van der Waals surface area contributed by atoms with Crippen LogP contribution in [0.1, 0.15) is 12.5 Å². The van der Waals surface area contributed by atoms with Gasteiger partial charge in [-0.1, -0.05) is 35.3 Å². The van der Waals surface area contributed by atoms with Crippen molar-refractivity contribution in [3.05, 3.63) is 52.0 Å². The number of para-hydroxylation sites is 1. The maximum absolute atomic E-state index is 12.3. The van der Waals surface area contributed by atoms with Crippen LogP contribution in [0, 0.1) is 0 Å². The average Bonchev–Trinajstić information content (AvgIpc) is 2.59. The second-order valence-corrected chi connectivity index (χ2v) is 6.55. The van der Waals surface area contributed by atoms with Crippen LogP contribution in [0.3, 0.4) is 0 Å². The van der Waals surface area contributed by atoms with Crippen molar-refractivity contribution < 1.29 is 14.3 Å². The summed E-state index contributed by atoms with van der Waals surface area (Å²) in [6, 6.07) is 10.8. The molecule has 0 aromatic heterocycles. The molecule has 2 aromatic carbocycles. The van der Waals surface area contributed by atoms with Gasteiger partial charge in [0.05, 0.1) is 36.0 Å². The largest absolute Gasteiger partial charge is 0.493 e. The third kappa shape index (κ3) is 5.53. The highest BCUT2D eigenvalue weighted by molar-refractivity contribution is 6.39. The van der Waals surface area contributed by atoms with Gasteiger partial charge < -0.3 is 14.8 Å². The molecule has 1 amide bonds. The molecule has 5 nitrogen and oxygen atoms in total. The minimum Gasteiger partial charge on any atom is -0.493 e. The number of carbonyl (C=O) groups is 1. The summed E-state index contributed by atoms with van der Waals surface area (Å²) in [6.07, 6.45) is 0. The van der Waals surface area contributed by atoms with Gasteiger partial charge in [-0.05, 0) is 43.8 Å². The third-order valence-electron chi connectivity index (χ3n) is 3.62. The van der Waals surface area contributed by atoms with Crippen molar-refractivity contribution >= 4 is 34.8 Å². The van der Waals surface area contributed by atoms with Crippen molar-refractivity contribution in [2.75, 3.05) is 32.6 Å². The monoisotopic (exact) mass is 396 g/mol. The lowest BCUT2D eigenvalue weighted by Gasteiger charge is -2.18. The normalized spacial score (nSPS) is 10.7. The molecule has 0 aliphatic rings. The Bertz CT molecular complexity index is 748. The number of halogens is 2. The van der Waals surface area contributed by atoms with E-state index in [4.69, 9.17) is 32.7 Å². The van der Waals surface area contributed by atoms with Gasteiger partial charge in [0, 0.05) is 6.54 Å². The van der Waals surface area contributed by atoms with Gasteiger partial charge in [0.25, 0.3) is 0 Å².